The van der Waals surface area contributed by atoms with Crippen molar-refractivity contribution in [2.45, 2.75) is 44.1 Å². The Balaban J connectivity index is 1.74. The molecule has 6 heteroatoms. The molecule has 2 aromatic heterocycles. The van der Waals surface area contributed by atoms with Crippen molar-refractivity contribution in [2.75, 3.05) is 6.54 Å². The first-order chi connectivity index (χ1) is 11.0. The van der Waals surface area contributed by atoms with Gasteiger partial charge in [-0.1, -0.05) is 12.8 Å². The zero-order chi connectivity index (χ0) is 16.4. The van der Waals surface area contributed by atoms with E-state index in [-0.39, 0.29) is 11.3 Å². The largest absolute Gasteiger partial charge is 0.388 e. The summed E-state index contributed by atoms with van der Waals surface area (Å²) in [5, 5.41) is 14.8. The highest BCUT2D eigenvalue weighted by molar-refractivity contribution is 9.10. The topological polar surface area (TPSA) is 49.3 Å². The van der Waals surface area contributed by atoms with E-state index in [1.165, 1.54) is 29.1 Å². The van der Waals surface area contributed by atoms with Crippen molar-refractivity contribution in [3.05, 3.63) is 42.7 Å². The van der Waals surface area contributed by atoms with Gasteiger partial charge < -0.3 is 10.4 Å². The van der Waals surface area contributed by atoms with Crippen LogP contribution in [-0.2, 0) is 5.41 Å². The van der Waals surface area contributed by atoms with Crippen LogP contribution in [0.2, 0.25) is 0 Å². The lowest BCUT2D eigenvalue weighted by molar-refractivity contribution is 0.0947. The molecule has 1 amide bonds. The van der Waals surface area contributed by atoms with Crippen LogP contribution in [0, 0.1) is 0 Å². The van der Waals surface area contributed by atoms with Crippen molar-refractivity contribution in [1.82, 2.24) is 5.32 Å². The Morgan fingerprint density at radius 2 is 2.17 bits per heavy atom. The van der Waals surface area contributed by atoms with E-state index in [1.807, 2.05) is 17.5 Å². The minimum atomic E-state index is -0.426. The smallest absolute Gasteiger partial charge is 0.261 e. The highest BCUT2D eigenvalue weighted by Crippen LogP contribution is 2.44. The van der Waals surface area contributed by atoms with Crippen LogP contribution in [0.15, 0.2) is 28.1 Å². The normalized spacial score (nSPS) is 18.0. The molecule has 1 saturated carbocycles. The van der Waals surface area contributed by atoms with Crippen molar-refractivity contribution >= 4 is 44.5 Å². The standard InChI is InChI=1S/C17H20BrNO2S2/c1-11(20)13-4-5-15(23-13)17(6-2-3-7-17)10-19-16(21)14-8-12(18)9-22-14/h4-5,8-9,11,20H,2-3,6-7,10H2,1H3,(H,19,21). The lowest BCUT2D eigenvalue weighted by Crippen LogP contribution is -2.38. The molecule has 1 aliphatic carbocycles. The zero-order valence-corrected chi connectivity index (χ0v) is 16.2. The van der Waals surface area contributed by atoms with Crippen molar-refractivity contribution in [2.24, 2.45) is 0 Å². The molecule has 124 valence electrons. The third kappa shape index (κ3) is 3.71. The number of halogens is 1. The second-order valence-electron chi connectivity index (χ2n) is 6.18. The first-order valence-electron chi connectivity index (χ1n) is 7.81. The Bertz CT molecular complexity index is 686. The number of rotatable bonds is 5. The number of hydrogen-bond donors (Lipinski definition) is 2. The highest BCUT2D eigenvalue weighted by atomic mass is 79.9. The van der Waals surface area contributed by atoms with Crippen LogP contribution in [0.3, 0.4) is 0 Å². The lowest BCUT2D eigenvalue weighted by atomic mass is 9.84. The van der Waals surface area contributed by atoms with Gasteiger partial charge in [-0.15, -0.1) is 22.7 Å². The Hall–Kier alpha value is -0.690. The van der Waals surface area contributed by atoms with E-state index in [2.05, 4.69) is 27.3 Å². The number of aliphatic hydroxyl groups excluding tert-OH is 1. The summed E-state index contributed by atoms with van der Waals surface area (Å²) in [6.45, 7) is 2.47. The van der Waals surface area contributed by atoms with Crippen molar-refractivity contribution < 1.29 is 9.90 Å². The summed E-state index contributed by atoms with van der Waals surface area (Å²) < 4.78 is 0.947. The SMILES string of the molecule is CC(O)c1ccc(C2(CNC(=O)c3cc(Br)cs3)CCCC2)s1. The number of carbonyl (C=O) groups excluding carboxylic acids is 1. The number of thiophene rings is 2. The van der Waals surface area contributed by atoms with Crippen LogP contribution in [0.1, 0.15) is 58.1 Å². The van der Waals surface area contributed by atoms with E-state index < -0.39 is 6.10 Å². The number of hydrogen-bond acceptors (Lipinski definition) is 4. The molecular weight excluding hydrogens is 394 g/mol. The average molecular weight is 414 g/mol. The van der Waals surface area contributed by atoms with Crippen LogP contribution in [-0.4, -0.2) is 17.6 Å². The molecule has 0 spiro atoms. The van der Waals surface area contributed by atoms with Crippen LogP contribution in [0.5, 0.6) is 0 Å². The zero-order valence-electron chi connectivity index (χ0n) is 13.0. The molecular formula is C17H20BrNO2S2. The fourth-order valence-corrected chi connectivity index (χ4v) is 5.73. The molecule has 23 heavy (non-hydrogen) atoms. The first kappa shape index (κ1) is 17.1. The fraction of sp³-hybridized carbons (Fsp3) is 0.471. The summed E-state index contributed by atoms with van der Waals surface area (Å²) in [6, 6.07) is 6.01. The van der Waals surface area contributed by atoms with E-state index in [9.17, 15) is 9.90 Å². The van der Waals surface area contributed by atoms with E-state index in [4.69, 9.17) is 0 Å². The molecule has 1 atom stereocenters. The van der Waals surface area contributed by atoms with Gasteiger partial charge in [-0.2, -0.15) is 0 Å². The summed E-state index contributed by atoms with van der Waals surface area (Å²) in [7, 11) is 0. The molecule has 0 bridgehead atoms. The molecule has 1 aliphatic rings. The van der Waals surface area contributed by atoms with Gasteiger partial charge >= 0.3 is 0 Å². The van der Waals surface area contributed by atoms with Gasteiger partial charge in [-0.05, 0) is 53.9 Å². The molecule has 0 aromatic carbocycles. The molecule has 0 radical (unpaired) electrons. The lowest BCUT2D eigenvalue weighted by Gasteiger charge is -2.28. The number of amides is 1. The van der Waals surface area contributed by atoms with E-state index in [1.54, 1.807) is 18.3 Å². The maximum absolute atomic E-state index is 12.3. The number of nitrogens with one attached hydrogen (secondary N) is 1. The van der Waals surface area contributed by atoms with Crippen molar-refractivity contribution in [3.63, 3.8) is 0 Å². The minimum Gasteiger partial charge on any atom is -0.388 e. The predicted octanol–water partition coefficient (Wildman–Crippen LogP) is 4.87. The first-order valence-corrected chi connectivity index (χ1v) is 10.3. The average Bonchev–Trinajstić information content (AvgIpc) is 3.25. The van der Waals surface area contributed by atoms with Gasteiger partial charge in [-0.25, -0.2) is 0 Å². The Kier molecular flexibility index (Phi) is 5.26. The molecule has 0 aliphatic heterocycles. The summed E-state index contributed by atoms with van der Waals surface area (Å²) in [4.78, 5) is 15.4. The second kappa shape index (κ2) is 7.05. The van der Waals surface area contributed by atoms with Gasteiger partial charge in [-0.3, -0.25) is 4.79 Å². The van der Waals surface area contributed by atoms with Crippen LogP contribution >= 0.6 is 38.6 Å². The summed E-state index contributed by atoms with van der Waals surface area (Å²) in [5.41, 5.74) is 0.0297. The van der Waals surface area contributed by atoms with Gasteiger partial charge in [0.2, 0.25) is 0 Å². The quantitative estimate of drug-likeness (QED) is 0.734. The number of aliphatic hydroxyl groups is 1. The Morgan fingerprint density at radius 3 is 2.74 bits per heavy atom. The Morgan fingerprint density at radius 1 is 1.43 bits per heavy atom. The van der Waals surface area contributed by atoms with Gasteiger partial charge in [0.15, 0.2) is 0 Å². The third-order valence-electron chi connectivity index (χ3n) is 4.50. The van der Waals surface area contributed by atoms with Gasteiger partial charge in [0, 0.05) is 31.6 Å². The third-order valence-corrected chi connectivity index (χ3v) is 7.69. The van der Waals surface area contributed by atoms with E-state index in [0.29, 0.717) is 6.54 Å². The summed E-state index contributed by atoms with van der Waals surface area (Å²) >= 11 is 6.53. The van der Waals surface area contributed by atoms with E-state index >= 15 is 0 Å². The molecule has 2 heterocycles. The molecule has 2 aromatic rings. The van der Waals surface area contributed by atoms with Gasteiger partial charge in [0.05, 0.1) is 11.0 Å². The minimum absolute atomic E-state index is 0.000666. The van der Waals surface area contributed by atoms with Gasteiger partial charge in [0.25, 0.3) is 5.91 Å². The summed E-state index contributed by atoms with van der Waals surface area (Å²) in [5.74, 6) is -0.000666. The molecule has 2 N–H and O–H groups in total. The second-order valence-corrected chi connectivity index (χ2v) is 9.12. The van der Waals surface area contributed by atoms with Crippen LogP contribution in [0.4, 0.5) is 0 Å². The molecule has 0 saturated heterocycles. The molecule has 1 fully saturated rings. The fourth-order valence-electron chi connectivity index (χ4n) is 3.19. The van der Waals surface area contributed by atoms with Crippen LogP contribution < -0.4 is 5.32 Å². The molecule has 1 unspecified atom stereocenters. The molecule has 3 rings (SSSR count). The van der Waals surface area contributed by atoms with Crippen LogP contribution in [0.25, 0.3) is 0 Å². The maximum Gasteiger partial charge on any atom is 0.261 e. The number of carbonyl (C=O) groups is 1. The van der Waals surface area contributed by atoms with Crippen molar-refractivity contribution in [1.29, 1.82) is 0 Å². The monoisotopic (exact) mass is 413 g/mol. The van der Waals surface area contributed by atoms with Crippen molar-refractivity contribution in [3.8, 4) is 0 Å². The Labute approximate surface area is 152 Å². The molecule has 3 nitrogen and oxygen atoms in total. The van der Waals surface area contributed by atoms with E-state index in [0.717, 1.165) is 27.1 Å². The maximum atomic E-state index is 12.3. The predicted molar refractivity (Wildman–Crippen MR) is 99.5 cm³/mol. The van der Waals surface area contributed by atoms with Gasteiger partial charge in [0.1, 0.15) is 0 Å². The highest BCUT2D eigenvalue weighted by Gasteiger charge is 2.37. The summed E-state index contributed by atoms with van der Waals surface area (Å²) in [6.07, 6.45) is 4.16.